The zero-order valence-corrected chi connectivity index (χ0v) is 10.1. The van der Waals surface area contributed by atoms with Crippen molar-refractivity contribution in [1.82, 2.24) is 15.3 Å². The second kappa shape index (κ2) is 4.67. The van der Waals surface area contributed by atoms with Crippen molar-refractivity contribution in [3.8, 4) is 0 Å². The number of primary amides is 1. The van der Waals surface area contributed by atoms with E-state index in [1.807, 2.05) is 6.92 Å². The summed E-state index contributed by atoms with van der Waals surface area (Å²) < 4.78 is 0. The summed E-state index contributed by atoms with van der Waals surface area (Å²) in [6.07, 6.45) is 1.44. The van der Waals surface area contributed by atoms with Crippen LogP contribution in [0.2, 0.25) is 0 Å². The SMILES string of the molecule is Cc1nc(C(N)=O)cnc1N1CCN[C@H](C)C1. The van der Waals surface area contributed by atoms with E-state index >= 15 is 0 Å². The molecule has 17 heavy (non-hydrogen) atoms. The van der Waals surface area contributed by atoms with Crippen molar-refractivity contribution >= 4 is 11.7 Å². The Bertz CT molecular complexity index is 434. The number of carbonyl (C=O) groups excluding carboxylic acids is 1. The Morgan fingerprint density at radius 3 is 3.00 bits per heavy atom. The maximum Gasteiger partial charge on any atom is 0.268 e. The fourth-order valence-electron chi connectivity index (χ4n) is 2.03. The highest BCUT2D eigenvalue weighted by Gasteiger charge is 2.19. The van der Waals surface area contributed by atoms with Crippen molar-refractivity contribution in [3.63, 3.8) is 0 Å². The molecule has 1 saturated heterocycles. The summed E-state index contributed by atoms with van der Waals surface area (Å²) in [6.45, 7) is 6.70. The van der Waals surface area contributed by atoms with Crippen molar-refractivity contribution < 1.29 is 4.79 Å². The summed E-state index contributed by atoms with van der Waals surface area (Å²) in [5, 5.41) is 3.37. The van der Waals surface area contributed by atoms with Crippen LogP contribution in [0.15, 0.2) is 6.20 Å². The van der Waals surface area contributed by atoms with E-state index in [0.717, 1.165) is 31.1 Å². The summed E-state index contributed by atoms with van der Waals surface area (Å²) in [4.78, 5) is 21.6. The van der Waals surface area contributed by atoms with Crippen LogP contribution in [0.1, 0.15) is 23.1 Å². The predicted octanol–water partition coefficient (Wildman–Crippen LogP) is -0.318. The largest absolute Gasteiger partial charge is 0.364 e. The number of anilines is 1. The molecule has 2 rings (SSSR count). The molecule has 1 aromatic heterocycles. The number of aryl methyl sites for hydroxylation is 1. The molecule has 1 aliphatic rings. The van der Waals surface area contributed by atoms with Crippen molar-refractivity contribution in [2.24, 2.45) is 5.73 Å². The molecule has 2 heterocycles. The lowest BCUT2D eigenvalue weighted by Crippen LogP contribution is -2.49. The number of amides is 1. The average Bonchev–Trinajstić information content (AvgIpc) is 2.28. The summed E-state index contributed by atoms with van der Waals surface area (Å²) >= 11 is 0. The second-order valence-electron chi connectivity index (χ2n) is 4.33. The van der Waals surface area contributed by atoms with E-state index in [1.165, 1.54) is 6.20 Å². The van der Waals surface area contributed by atoms with E-state index in [1.54, 1.807) is 0 Å². The lowest BCUT2D eigenvalue weighted by molar-refractivity contribution is 0.0995. The van der Waals surface area contributed by atoms with E-state index < -0.39 is 5.91 Å². The summed E-state index contributed by atoms with van der Waals surface area (Å²) in [7, 11) is 0. The molecule has 0 aromatic carbocycles. The van der Waals surface area contributed by atoms with Gasteiger partial charge >= 0.3 is 0 Å². The first-order chi connectivity index (χ1) is 8.08. The Labute approximate surface area is 100 Å². The predicted molar refractivity (Wildman–Crippen MR) is 65.0 cm³/mol. The van der Waals surface area contributed by atoms with Gasteiger partial charge in [0.05, 0.1) is 11.9 Å². The van der Waals surface area contributed by atoms with Crippen LogP contribution in [0.4, 0.5) is 5.82 Å². The first-order valence-electron chi connectivity index (χ1n) is 5.69. The monoisotopic (exact) mass is 235 g/mol. The van der Waals surface area contributed by atoms with Gasteiger partial charge in [-0.2, -0.15) is 0 Å². The third-order valence-electron chi connectivity index (χ3n) is 2.84. The molecule has 1 fully saturated rings. The quantitative estimate of drug-likeness (QED) is 0.734. The molecule has 6 nitrogen and oxygen atoms in total. The van der Waals surface area contributed by atoms with E-state index in [9.17, 15) is 4.79 Å². The summed E-state index contributed by atoms with van der Waals surface area (Å²) in [6, 6.07) is 0.431. The summed E-state index contributed by atoms with van der Waals surface area (Å²) in [5.41, 5.74) is 6.13. The first kappa shape index (κ1) is 11.8. The van der Waals surface area contributed by atoms with Crippen LogP contribution in [0.5, 0.6) is 0 Å². The minimum atomic E-state index is -0.541. The third-order valence-corrected chi connectivity index (χ3v) is 2.84. The van der Waals surface area contributed by atoms with Gasteiger partial charge in [0.1, 0.15) is 11.5 Å². The van der Waals surface area contributed by atoms with Crippen LogP contribution >= 0.6 is 0 Å². The number of nitrogens with one attached hydrogen (secondary N) is 1. The Morgan fingerprint density at radius 1 is 1.65 bits per heavy atom. The Balaban J connectivity index is 2.23. The van der Waals surface area contributed by atoms with Gasteiger partial charge in [-0.3, -0.25) is 4.79 Å². The Morgan fingerprint density at radius 2 is 2.41 bits per heavy atom. The molecular formula is C11H17N5O. The average molecular weight is 235 g/mol. The van der Waals surface area contributed by atoms with Crippen LogP contribution in [0.3, 0.4) is 0 Å². The van der Waals surface area contributed by atoms with Crippen LogP contribution in [-0.2, 0) is 0 Å². The molecule has 1 aromatic rings. The van der Waals surface area contributed by atoms with Gasteiger partial charge in [-0.05, 0) is 13.8 Å². The number of nitrogens with two attached hydrogens (primary N) is 1. The van der Waals surface area contributed by atoms with Crippen molar-refractivity contribution in [3.05, 3.63) is 17.6 Å². The van der Waals surface area contributed by atoms with Gasteiger partial charge in [0.25, 0.3) is 5.91 Å². The molecule has 92 valence electrons. The van der Waals surface area contributed by atoms with E-state index in [-0.39, 0.29) is 5.69 Å². The lowest BCUT2D eigenvalue weighted by Gasteiger charge is -2.33. The highest BCUT2D eigenvalue weighted by molar-refractivity contribution is 5.90. The van der Waals surface area contributed by atoms with Gasteiger partial charge in [-0.15, -0.1) is 0 Å². The molecule has 3 N–H and O–H groups in total. The van der Waals surface area contributed by atoms with Gasteiger partial charge in [0, 0.05) is 25.7 Å². The first-order valence-corrected chi connectivity index (χ1v) is 5.69. The minimum Gasteiger partial charge on any atom is -0.364 e. The maximum atomic E-state index is 11.0. The van der Waals surface area contributed by atoms with Crippen LogP contribution in [0.25, 0.3) is 0 Å². The molecule has 0 saturated carbocycles. The van der Waals surface area contributed by atoms with Crippen LogP contribution in [0, 0.1) is 6.92 Å². The highest BCUT2D eigenvalue weighted by Crippen LogP contribution is 2.16. The molecule has 0 spiro atoms. The molecular weight excluding hydrogens is 218 g/mol. The normalized spacial score (nSPS) is 20.4. The van der Waals surface area contributed by atoms with Gasteiger partial charge in [0.2, 0.25) is 0 Å². The van der Waals surface area contributed by atoms with Crippen molar-refractivity contribution in [2.75, 3.05) is 24.5 Å². The second-order valence-corrected chi connectivity index (χ2v) is 4.33. The maximum absolute atomic E-state index is 11.0. The fraction of sp³-hybridized carbons (Fsp3) is 0.545. The number of hydrogen-bond acceptors (Lipinski definition) is 5. The van der Waals surface area contributed by atoms with Gasteiger partial charge in [-0.25, -0.2) is 9.97 Å². The van der Waals surface area contributed by atoms with Crippen LogP contribution < -0.4 is 16.0 Å². The number of hydrogen-bond donors (Lipinski definition) is 2. The van der Waals surface area contributed by atoms with Gasteiger partial charge < -0.3 is 16.0 Å². The zero-order valence-electron chi connectivity index (χ0n) is 10.1. The smallest absolute Gasteiger partial charge is 0.268 e. The van der Waals surface area contributed by atoms with E-state index in [0.29, 0.717) is 6.04 Å². The Hall–Kier alpha value is -1.69. The van der Waals surface area contributed by atoms with E-state index in [4.69, 9.17) is 5.73 Å². The van der Waals surface area contributed by atoms with Gasteiger partial charge in [0.15, 0.2) is 0 Å². The Kier molecular flexibility index (Phi) is 3.23. The van der Waals surface area contributed by atoms with Crippen LogP contribution in [-0.4, -0.2) is 41.6 Å². The van der Waals surface area contributed by atoms with Gasteiger partial charge in [-0.1, -0.05) is 0 Å². The molecule has 0 aliphatic carbocycles. The standard InChI is InChI=1S/C11H17N5O/c1-7-6-16(4-3-13-7)11-8(2)15-9(5-14-11)10(12)17/h5,7,13H,3-4,6H2,1-2H3,(H2,12,17)/t7-/m1/s1. The fourth-order valence-corrected chi connectivity index (χ4v) is 2.03. The highest BCUT2D eigenvalue weighted by atomic mass is 16.1. The van der Waals surface area contributed by atoms with E-state index in [2.05, 4.69) is 27.1 Å². The molecule has 0 radical (unpaired) electrons. The number of carbonyl (C=O) groups is 1. The minimum absolute atomic E-state index is 0.217. The topological polar surface area (TPSA) is 84.1 Å². The lowest BCUT2D eigenvalue weighted by atomic mass is 10.2. The molecule has 0 unspecified atom stereocenters. The summed E-state index contributed by atoms with van der Waals surface area (Å²) in [5.74, 6) is 0.296. The van der Waals surface area contributed by atoms with Crippen molar-refractivity contribution in [2.45, 2.75) is 19.9 Å². The third kappa shape index (κ3) is 2.52. The molecule has 6 heteroatoms. The van der Waals surface area contributed by atoms with Crippen molar-refractivity contribution in [1.29, 1.82) is 0 Å². The zero-order chi connectivity index (χ0) is 12.4. The molecule has 1 amide bonds. The molecule has 1 atom stereocenters. The molecule has 1 aliphatic heterocycles. The number of nitrogens with zero attached hydrogens (tertiary/aromatic N) is 3. The number of piperazine rings is 1. The molecule has 0 bridgehead atoms. The number of rotatable bonds is 2. The number of aromatic nitrogens is 2.